The number of thioether (sulfide) groups is 1. The molecule has 1 spiro atoms. The van der Waals surface area contributed by atoms with Crippen LogP contribution in [0.2, 0.25) is 0 Å². The van der Waals surface area contributed by atoms with Crippen LogP contribution in [0.3, 0.4) is 0 Å². The van der Waals surface area contributed by atoms with Crippen molar-refractivity contribution < 1.29 is 14.3 Å². The normalized spacial score (nSPS) is 43.6. The number of tetrazole rings is 1. The number of hydrogen-bond donors (Lipinski definition) is 1. The van der Waals surface area contributed by atoms with Crippen LogP contribution in [0.25, 0.3) is 0 Å². The molecule has 6 aliphatic rings. The van der Waals surface area contributed by atoms with Gasteiger partial charge in [0.15, 0.2) is 12.1 Å². The average molecular weight is 668 g/mol. The van der Waals surface area contributed by atoms with Gasteiger partial charge in [-0.3, -0.25) is 4.79 Å². The molecule has 0 amide bonds. The predicted octanol–water partition coefficient (Wildman–Crippen LogP) is 7.37. The average Bonchev–Trinajstić information content (AvgIpc) is 3.66. The maximum absolute atomic E-state index is 14.7. The van der Waals surface area contributed by atoms with Gasteiger partial charge in [-0.2, -0.15) is 5.21 Å². The second-order valence-corrected chi connectivity index (χ2v) is 19.0. The second-order valence-electron chi connectivity index (χ2n) is 17.7. The molecule has 4 aliphatic carbocycles. The summed E-state index contributed by atoms with van der Waals surface area (Å²) in [6.07, 6.45) is 14.6. The molecular weight excluding hydrogens is 607 g/mol. The van der Waals surface area contributed by atoms with Crippen LogP contribution in [0.5, 0.6) is 0 Å². The third kappa shape index (κ3) is 4.89. The van der Waals surface area contributed by atoms with Crippen molar-refractivity contribution in [1.29, 1.82) is 0 Å². The number of ether oxygens (including phenoxy) is 2. The number of aromatic amines is 1. The molecule has 4 bridgehead atoms. The Balaban J connectivity index is 0.000000707. The molecule has 2 aliphatic heterocycles. The van der Waals surface area contributed by atoms with Crippen LogP contribution in [-0.2, 0) is 14.3 Å². The molecule has 1 N–H and O–H groups in total. The van der Waals surface area contributed by atoms with E-state index >= 15 is 0 Å². The first-order valence-corrected chi connectivity index (χ1v) is 19.2. The Bertz CT molecular complexity index is 1350. The number of nitrogens with one attached hydrogen (secondary N) is 1. The van der Waals surface area contributed by atoms with Gasteiger partial charge in [0.05, 0.1) is 24.4 Å². The fraction of sp³-hybridized carbons (Fsp3) is 0.842. The van der Waals surface area contributed by atoms with Crippen LogP contribution in [0.4, 0.5) is 0 Å². The highest BCUT2D eigenvalue weighted by Gasteiger charge is 2.73. The molecule has 1 saturated heterocycles. The molecule has 7 rings (SSSR count). The number of carbonyl (C=O) groups is 1. The molecule has 1 aromatic heterocycles. The number of nitrogens with zero attached hydrogens (tertiary/aromatic N) is 4. The van der Waals surface area contributed by atoms with E-state index < -0.39 is 5.41 Å². The van der Waals surface area contributed by atoms with Gasteiger partial charge in [0.2, 0.25) is 0 Å². The Hall–Kier alpha value is -1.71. The highest BCUT2D eigenvalue weighted by molar-refractivity contribution is 8.01. The van der Waals surface area contributed by atoms with Gasteiger partial charge in [0.1, 0.15) is 5.60 Å². The molecule has 1 aromatic rings. The molecule has 7 unspecified atom stereocenters. The van der Waals surface area contributed by atoms with Crippen molar-refractivity contribution in [1.82, 2.24) is 25.5 Å². The van der Waals surface area contributed by atoms with E-state index in [9.17, 15) is 4.79 Å². The lowest BCUT2D eigenvalue weighted by atomic mass is 9.40. The van der Waals surface area contributed by atoms with Gasteiger partial charge in [0, 0.05) is 22.5 Å². The van der Waals surface area contributed by atoms with Crippen molar-refractivity contribution in [3.05, 3.63) is 30.3 Å². The zero-order chi connectivity index (χ0) is 34.2. The molecular formula is C38H61N5O3S. The topological polar surface area (TPSA) is 93.2 Å². The summed E-state index contributed by atoms with van der Waals surface area (Å²) in [5.74, 6) is 4.43. The van der Waals surface area contributed by atoms with Crippen LogP contribution in [-0.4, -0.2) is 79.8 Å². The Morgan fingerprint density at radius 3 is 2.51 bits per heavy atom. The predicted molar refractivity (Wildman–Crippen MR) is 189 cm³/mol. The van der Waals surface area contributed by atoms with E-state index in [0.29, 0.717) is 41.3 Å². The number of carbonyl (C=O) groups excluding carboxylic acids is 1. The molecule has 0 radical (unpaired) electrons. The highest BCUT2D eigenvalue weighted by atomic mass is 32.2. The fourth-order valence-corrected chi connectivity index (χ4v) is 13.6. The summed E-state index contributed by atoms with van der Waals surface area (Å²) in [5, 5.41) is 12.2. The number of allylic oxidation sites excluding steroid dienone is 2. The van der Waals surface area contributed by atoms with Gasteiger partial charge in [-0.05, 0) is 117 Å². The quantitative estimate of drug-likeness (QED) is 0.322. The van der Waals surface area contributed by atoms with Gasteiger partial charge >= 0.3 is 0 Å². The lowest BCUT2D eigenvalue weighted by molar-refractivity contribution is -0.179. The smallest absolute Gasteiger partial charge is 0.166 e. The zero-order valence-corrected chi connectivity index (χ0v) is 31.7. The molecule has 9 heteroatoms. The van der Waals surface area contributed by atoms with Gasteiger partial charge in [0.25, 0.3) is 0 Å². The third-order valence-corrected chi connectivity index (χ3v) is 17.2. The summed E-state index contributed by atoms with van der Waals surface area (Å²) in [4.78, 5) is 17.0. The first-order valence-electron chi connectivity index (χ1n) is 18.3. The minimum absolute atomic E-state index is 0.0131. The largest absolute Gasteiger partial charge is 0.495 e. The van der Waals surface area contributed by atoms with Gasteiger partial charge in [-0.25, -0.2) is 0 Å². The van der Waals surface area contributed by atoms with Crippen molar-refractivity contribution in [3.8, 4) is 0 Å². The Morgan fingerprint density at radius 2 is 1.91 bits per heavy atom. The van der Waals surface area contributed by atoms with Crippen molar-refractivity contribution in [2.45, 2.75) is 123 Å². The molecule has 47 heavy (non-hydrogen) atoms. The molecule has 3 saturated carbocycles. The fourth-order valence-electron chi connectivity index (χ4n) is 11.4. The SMILES string of the molecule is CC(C)[C@@H](C)[C@]12CCC3(C)C4CCC5C6(SCC(OCC(C)(C(C)C)N(C)C)[C@@]5(C)CC6C)C4=CC(=O)[C@@]3(C=CO1)C2.c1nn[nH]n1. The van der Waals surface area contributed by atoms with Crippen LogP contribution in [0.15, 0.2) is 30.3 Å². The zero-order valence-electron chi connectivity index (χ0n) is 30.9. The summed E-state index contributed by atoms with van der Waals surface area (Å²) in [7, 11) is 4.38. The number of ketones is 1. The molecule has 3 heterocycles. The number of fused-ring (bicyclic) bond motifs is 3. The Morgan fingerprint density at radius 1 is 1.17 bits per heavy atom. The Labute approximate surface area is 288 Å². The molecule has 8 nitrogen and oxygen atoms in total. The maximum Gasteiger partial charge on any atom is 0.166 e. The van der Waals surface area contributed by atoms with Crippen molar-refractivity contribution in [3.63, 3.8) is 0 Å². The van der Waals surface area contributed by atoms with Gasteiger partial charge in [-0.1, -0.05) is 60.6 Å². The first-order chi connectivity index (χ1) is 22.0. The first kappa shape index (κ1) is 35.1. The summed E-state index contributed by atoms with van der Waals surface area (Å²) in [6, 6.07) is 0. The van der Waals surface area contributed by atoms with E-state index in [1.807, 2.05) is 6.26 Å². The molecule has 4 fully saturated rings. The number of aromatic nitrogens is 4. The molecule has 262 valence electrons. The van der Waals surface area contributed by atoms with Crippen LogP contribution in [0, 0.1) is 51.8 Å². The number of H-pyrrole nitrogens is 1. The minimum Gasteiger partial charge on any atom is -0.495 e. The summed E-state index contributed by atoms with van der Waals surface area (Å²) < 4.78 is 13.6. The van der Waals surface area contributed by atoms with E-state index in [2.05, 4.69) is 126 Å². The van der Waals surface area contributed by atoms with Gasteiger partial charge in [-0.15, -0.1) is 22.0 Å². The lowest BCUT2D eigenvalue weighted by Gasteiger charge is -2.67. The van der Waals surface area contributed by atoms with Crippen molar-refractivity contribution >= 4 is 17.5 Å². The van der Waals surface area contributed by atoms with Gasteiger partial charge < -0.3 is 14.4 Å². The third-order valence-electron chi connectivity index (χ3n) is 15.3. The summed E-state index contributed by atoms with van der Waals surface area (Å²) in [5.41, 5.74) is 0.964. The van der Waals surface area contributed by atoms with Crippen LogP contribution in [0.1, 0.15) is 101 Å². The lowest BCUT2D eigenvalue weighted by Crippen LogP contribution is -2.66. The second kappa shape index (κ2) is 12.0. The monoisotopic (exact) mass is 667 g/mol. The van der Waals surface area contributed by atoms with Crippen LogP contribution < -0.4 is 0 Å². The Kier molecular flexibility index (Phi) is 8.94. The van der Waals surface area contributed by atoms with Crippen LogP contribution >= 0.6 is 11.8 Å². The molecule has 0 aromatic carbocycles. The van der Waals surface area contributed by atoms with Crippen molar-refractivity contribution in [2.75, 3.05) is 26.5 Å². The minimum atomic E-state index is -0.437. The van der Waals surface area contributed by atoms with Crippen molar-refractivity contribution in [2.24, 2.45) is 51.8 Å². The number of hydrogen-bond acceptors (Lipinski definition) is 8. The summed E-state index contributed by atoms with van der Waals surface area (Å²) in [6.45, 7) is 22.2. The summed E-state index contributed by atoms with van der Waals surface area (Å²) >= 11 is 2.17. The van der Waals surface area contributed by atoms with E-state index in [1.54, 1.807) is 0 Å². The standard InChI is InChI=1S/C37H59NO3S.CH2N4/c1-23(2)26(6)36-15-14-33(8)27-12-13-29-32(7)19-25(5)37(29,28(27)18-30(39)35(33,21-36)16-17-41-36)42-20-31(32)40-22-34(9,24(3)4)38(10)11;1-2-4-5-3-1/h16-18,23-27,29,31H,12-15,19-22H2,1-11H3;1H,(H,2,3,4,5)/t25?,26-,27?,29?,31?,32+,33?,34?,35-,36-,37?;/m1./s1. The molecule has 11 atom stereocenters. The van der Waals surface area contributed by atoms with E-state index in [-0.39, 0.29) is 32.8 Å². The van der Waals surface area contributed by atoms with E-state index in [4.69, 9.17) is 9.47 Å². The number of likely N-dealkylation sites (N-methyl/N-ethyl adjacent to an activating group) is 1. The number of rotatable bonds is 7. The van der Waals surface area contributed by atoms with E-state index in [1.165, 1.54) is 31.2 Å². The highest BCUT2D eigenvalue weighted by Crippen LogP contribution is 2.76. The van der Waals surface area contributed by atoms with E-state index in [0.717, 1.165) is 31.6 Å². The maximum atomic E-state index is 14.7.